The largest absolute Gasteiger partial charge is 0.467 e. The summed E-state index contributed by atoms with van der Waals surface area (Å²) in [6.07, 6.45) is 3.27. The molecule has 1 aliphatic rings. The Morgan fingerprint density at radius 2 is 1.76 bits per heavy atom. The number of hydrogen-bond acceptors (Lipinski definition) is 7. The van der Waals surface area contributed by atoms with Gasteiger partial charge in [0.25, 0.3) is 0 Å². The molecule has 0 aromatic heterocycles. The lowest BCUT2D eigenvalue weighted by Gasteiger charge is -2.33. The molecule has 1 aliphatic heterocycles. The SMILES string of the molecule is COC(=O)[C@H](CCSC)NC(=O)C1CCN(C(=O)[C@H](C)NS(=O)(=O)c2ccc(C)cc2)CC1.Cl. The summed E-state index contributed by atoms with van der Waals surface area (Å²) in [5, 5.41) is 2.77. The van der Waals surface area contributed by atoms with Gasteiger partial charge in [0.05, 0.1) is 18.0 Å². The molecule has 1 heterocycles. The van der Waals surface area contributed by atoms with Gasteiger partial charge in [-0.05, 0) is 57.3 Å². The van der Waals surface area contributed by atoms with Crippen molar-refractivity contribution in [3.8, 4) is 0 Å². The van der Waals surface area contributed by atoms with Crippen LogP contribution in [0.4, 0.5) is 0 Å². The van der Waals surface area contributed by atoms with Gasteiger partial charge < -0.3 is 15.0 Å². The number of benzene rings is 1. The number of methoxy groups -OCH3 is 1. The van der Waals surface area contributed by atoms with Crippen molar-refractivity contribution < 1.29 is 27.5 Å². The zero-order valence-electron chi connectivity index (χ0n) is 19.9. The molecule has 1 saturated heterocycles. The third-order valence-electron chi connectivity index (χ3n) is 5.62. The number of nitrogens with zero attached hydrogens (tertiary/aromatic N) is 1. The van der Waals surface area contributed by atoms with Gasteiger partial charge in [0, 0.05) is 19.0 Å². The molecule has 1 fully saturated rings. The number of thioether (sulfide) groups is 1. The lowest BCUT2D eigenvalue weighted by atomic mass is 9.95. The number of likely N-dealkylation sites (tertiary alicyclic amines) is 1. The molecule has 2 N–H and O–H groups in total. The second-order valence-corrected chi connectivity index (χ2v) is 10.8. The number of rotatable bonds is 10. The number of halogens is 1. The molecule has 2 rings (SSSR count). The number of carbonyl (C=O) groups is 3. The quantitative estimate of drug-likeness (QED) is 0.437. The van der Waals surface area contributed by atoms with Crippen LogP contribution in [0.2, 0.25) is 0 Å². The van der Waals surface area contributed by atoms with Crippen LogP contribution in [0.25, 0.3) is 0 Å². The minimum atomic E-state index is -3.82. The molecule has 192 valence electrons. The van der Waals surface area contributed by atoms with E-state index in [2.05, 4.69) is 10.0 Å². The van der Waals surface area contributed by atoms with E-state index in [9.17, 15) is 22.8 Å². The highest BCUT2D eigenvalue weighted by Gasteiger charge is 2.32. The minimum Gasteiger partial charge on any atom is -0.467 e. The van der Waals surface area contributed by atoms with Crippen molar-refractivity contribution in [1.29, 1.82) is 0 Å². The fraction of sp³-hybridized carbons (Fsp3) is 0.591. The molecular weight excluding hydrogens is 502 g/mol. The summed E-state index contributed by atoms with van der Waals surface area (Å²) in [4.78, 5) is 39.0. The molecule has 0 spiro atoms. The Morgan fingerprint density at radius 3 is 2.29 bits per heavy atom. The Balaban J connectivity index is 0.00000578. The van der Waals surface area contributed by atoms with Crippen molar-refractivity contribution in [3.05, 3.63) is 29.8 Å². The van der Waals surface area contributed by atoms with E-state index in [1.807, 2.05) is 13.2 Å². The molecule has 0 saturated carbocycles. The molecule has 0 aliphatic carbocycles. The first-order valence-corrected chi connectivity index (χ1v) is 13.7. The molecule has 1 aromatic rings. The van der Waals surface area contributed by atoms with Crippen LogP contribution >= 0.6 is 24.2 Å². The Labute approximate surface area is 212 Å². The third-order valence-corrected chi connectivity index (χ3v) is 7.82. The number of amides is 2. The molecule has 9 nitrogen and oxygen atoms in total. The summed E-state index contributed by atoms with van der Waals surface area (Å²) in [7, 11) is -2.53. The standard InChI is InChI=1S/C22H33N3O6S2.ClH/c1-15-5-7-18(8-6-15)33(29,30)24-16(2)21(27)25-12-9-17(10-13-25)20(26)23-19(11-14-32-4)22(28)31-3;/h5-8,16-17,19,24H,9-14H2,1-4H3,(H,23,26);1H/t16-,19-;/m0./s1. The molecule has 1 aromatic carbocycles. The fourth-order valence-corrected chi connectivity index (χ4v) is 5.29. The van der Waals surface area contributed by atoms with Crippen molar-refractivity contribution in [3.63, 3.8) is 0 Å². The van der Waals surface area contributed by atoms with Crippen LogP contribution in [0.5, 0.6) is 0 Å². The van der Waals surface area contributed by atoms with E-state index in [4.69, 9.17) is 4.74 Å². The summed E-state index contributed by atoms with van der Waals surface area (Å²) in [6, 6.07) is 4.77. The highest BCUT2D eigenvalue weighted by atomic mass is 35.5. The molecule has 0 radical (unpaired) electrons. The van der Waals surface area contributed by atoms with Gasteiger partial charge in [0.1, 0.15) is 6.04 Å². The van der Waals surface area contributed by atoms with Gasteiger partial charge in [0.15, 0.2) is 0 Å². The zero-order chi connectivity index (χ0) is 24.6. The second kappa shape index (κ2) is 13.9. The Hall–Kier alpha value is -1.82. The van der Waals surface area contributed by atoms with Crippen LogP contribution in [0.1, 0.15) is 31.7 Å². The normalized spacial score (nSPS) is 16.2. The van der Waals surface area contributed by atoms with Crippen LogP contribution in [-0.2, 0) is 29.1 Å². The molecular formula is C22H34ClN3O6S2. The Kier molecular flexibility index (Phi) is 12.4. The van der Waals surface area contributed by atoms with E-state index in [-0.39, 0.29) is 35.0 Å². The number of aryl methyl sites for hydroxylation is 1. The van der Waals surface area contributed by atoms with E-state index in [1.165, 1.54) is 26.2 Å². The lowest BCUT2D eigenvalue weighted by Crippen LogP contribution is -2.51. The van der Waals surface area contributed by atoms with Crippen molar-refractivity contribution >= 4 is 52.0 Å². The predicted octanol–water partition coefficient (Wildman–Crippen LogP) is 1.73. The fourth-order valence-electron chi connectivity index (χ4n) is 3.62. The van der Waals surface area contributed by atoms with Gasteiger partial charge in [-0.2, -0.15) is 16.5 Å². The van der Waals surface area contributed by atoms with E-state index >= 15 is 0 Å². The first-order valence-electron chi connectivity index (χ1n) is 10.8. The second-order valence-electron chi connectivity index (χ2n) is 8.12. The van der Waals surface area contributed by atoms with Crippen molar-refractivity contribution in [1.82, 2.24) is 14.9 Å². The van der Waals surface area contributed by atoms with Crippen molar-refractivity contribution in [2.45, 2.75) is 50.1 Å². The van der Waals surface area contributed by atoms with Gasteiger partial charge in [-0.15, -0.1) is 12.4 Å². The minimum absolute atomic E-state index is 0. The maximum absolute atomic E-state index is 12.8. The molecule has 2 amide bonds. The summed E-state index contributed by atoms with van der Waals surface area (Å²) in [6.45, 7) is 4.04. The first kappa shape index (κ1) is 30.2. The monoisotopic (exact) mass is 535 g/mol. The molecule has 0 unspecified atom stereocenters. The maximum atomic E-state index is 12.8. The van der Waals surface area contributed by atoms with Crippen LogP contribution < -0.4 is 10.0 Å². The lowest BCUT2D eigenvalue weighted by molar-refractivity contribution is -0.146. The highest BCUT2D eigenvalue weighted by Crippen LogP contribution is 2.19. The number of piperidine rings is 1. The number of sulfonamides is 1. The number of carbonyl (C=O) groups excluding carboxylic acids is 3. The zero-order valence-corrected chi connectivity index (χ0v) is 22.4. The summed E-state index contributed by atoms with van der Waals surface area (Å²) < 4.78 is 32.3. The van der Waals surface area contributed by atoms with Crippen molar-refractivity contribution in [2.24, 2.45) is 5.92 Å². The van der Waals surface area contributed by atoms with E-state index in [1.54, 1.807) is 28.8 Å². The van der Waals surface area contributed by atoms with Gasteiger partial charge in [0.2, 0.25) is 21.8 Å². The molecule has 34 heavy (non-hydrogen) atoms. The first-order chi connectivity index (χ1) is 15.6. The van der Waals surface area contributed by atoms with E-state index < -0.39 is 28.1 Å². The predicted molar refractivity (Wildman–Crippen MR) is 134 cm³/mol. The van der Waals surface area contributed by atoms with Gasteiger partial charge in [-0.25, -0.2) is 13.2 Å². The third kappa shape index (κ3) is 8.44. The molecule has 0 bridgehead atoms. The summed E-state index contributed by atoms with van der Waals surface area (Å²) >= 11 is 1.58. The summed E-state index contributed by atoms with van der Waals surface area (Å²) in [5.41, 5.74) is 0.937. The Morgan fingerprint density at radius 1 is 1.18 bits per heavy atom. The van der Waals surface area contributed by atoms with Crippen LogP contribution in [0.15, 0.2) is 29.2 Å². The molecule has 2 atom stereocenters. The smallest absolute Gasteiger partial charge is 0.328 e. The Bertz CT molecular complexity index is 934. The number of hydrogen-bond donors (Lipinski definition) is 2. The van der Waals surface area contributed by atoms with E-state index in [0.29, 0.717) is 38.1 Å². The summed E-state index contributed by atoms with van der Waals surface area (Å²) in [5.74, 6) is -0.651. The number of ether oxygens (including phenoxy) is 1. The number of esters is 1. The topological polar surface area (TPSA) is 122 Å². The van der Waals surface area contributed by atoms with Crippen molar-refractivity contribution in [2.75, 3.05) is 32.2 Å². The number of nitrogens with one attached hydrogen (secondary N) is 2. The average Bonchev–Trinajstić information content (AvgIpc) is 2.80. The van der Waals surface area contributed by atoms with Gasteiger partial charge in [-0.1, -0.05) is 17.7 Å². The maximum Gasteiger partial charge on any atom is 0.328 e. The van der Waals surface area contributed by atoms with Crippen LogP contribution in [0.3, 0.4) is 0 Å². The van der Waals surface area contributed by atoms with E-state index in [0.717, 1.165) is 5.56 Å². The molecule has 12 heteroatoms. The highest BCUT2D eigenvalue weighted by molar-refractivity contribution is 7.98. The van der Waals surface area contributed by atoms with Gasteiger partial charge >= 0.3 is 5.97 Å². The average molecular weight is 536 g/mol. The van der Waals surface area contributed by atoms with Crippen LogP contribution in [-0.4, -0.2) is 75.4 Å². The van der Waals surface area contributed by atoms with Gasteiger partial charge in [-0.3, -0.25) is 9.59 Å². The van der Waals surface area contributed by atoms with Crippen LogP contribution in [0, 0.1) is 12.8 Å².